The van der Waals surface area contributed by atoms with Crippen LogP contribution < -0.4 is 5.32 Å². The van der Waals surface area contributed by atoms with Gasteiger partial charge in [0.15, 0.2) is 0 Å². The zero-order valence-electron chi connectivity index (χ0n) is 8.97. The van der Waals surface area contributed by atoms with Crippen molar-refractivity contribution in [1.29, 1.82) is 0 Å². The molecule has 0 aliphatic heterocycles. The number of alkyl carbamates (subject to hydrolysis) is 1. The van der Waals surface area contributed by atoms with Gasteiger partial charge in [-0.2, -0.15) is 0 Å². The molecule has 0 aliphatic rings. The third kappa shape index (κ3) is 3.63. The highest BCUT2D eigenvalue weighted by Crippen LogP contribution is 2.24. The van der Waals surface area contributed by atoms with Gasteiger partial charge in [0.05, 0.1) is 5.60 Å². The van der Waals surface area contributed by atoms with Crippen LogP contribution in [0.3, 0.4) is 0 Å². The lowest BCUT2D eigenvalue weighted by molar-refractivity contribution is -0.111. The lowest BCUT2D eigenvalue weighted by Crippen LogP contribution is -2.50. The van der Waals surface area contributed by atoms with Crippen LogP contribution in [0.2, 0.25) is 0 Å². The van der Waals surface area contributed by atoms with Gasteiger partial charge in [-0.3, -0.25) is 0 Å². The number of nitrogens with one attached hydrogen (secondary N) is 1. The van der Waals surface area contributed by atoms with Gasteiger partial charge in [-0.15, -0.1) is 0 Å². The number of aliphatic hydroxyl groups is 1. The van der Waals surface area contributed by atoms with Gasteiger partial charge >= 0.3 is 6.09 Å². The molecule has 4 nitrogen and oxygen atoms in total. The van der Waals surface area contributed by atoms with Crippen molar-refractivity contribution in [2.45, 2.75) is 45.8 Å². The lowest BCUT2D eigenvalue weighted by atomic mass is 9.90. The fourth-order valence-corrected chi connectivity index (χ4v) is 0.537. The Morgan fingerprint density at radius 3 is 2.15 bits per heavy atom. The normalized spacial score (nSPS) is 12.5. The van der Waals surface area contributed by atoms with Gasteiger partial charge in [-0.1, -0.05) is 0 Å². The number of hydrogen-bond acceptors (Lipinski definition) is 3. The molecular formula is C9H19NO3. The first kappa shape index (κ1) is 12.2. The summed E-state index contributed by atoms with van der Waals surface area (Å²) < 4.78 is 5.04. The monoisotopic (exact) mass is 189 g/mol. The summed E-state index contributed by atoms with van der Waals surface area (Å²) in [6.07, 6.45) is -0.505. The molecule has 0 aromatic carbocycles. The highest BCUT2D eigenvalue weighted by molar-refractivity contribution is 5.67. The van der Waals surface area contributed by atoms with Crippen LogP contribution in [0.15, 0.2) is 0 Å². The molecule has 0 bridgehead atoms. The minimum atomic E-state index is -1.06. The fourth-order valence-electron chi connectivity index (χ4n) is 0.537. The molecule has 0 radical (unpaired) electrons. The minimum Gasteiger partial charge on any atom is -0.440 e. The number of hydrogen-bond donors (Lipinski definition) is 2. The van der Waals surface area contributed by atoms with E-state index in [9.17, 15) is 9.90 Å². The van der Waals surface area contributed by atoms with E-state index in [0.29, 0.717) is 6.54 Å². The smallest absolute Gasteiger partial charge is 0.407 e. The van der Waals surface area contributed by atoms with Gasteiger partial charge in [0.25, 0.3) is 0 Å². The standard InChI is InChI=1S/C9H19NO3/c1-6-10-7(11)13-9(4,5)8(2,3)12/h12H,6H2,1-5H3,(H,10,11). The van der Waals surface area contributed by atoms with Crippen LogP contribution in [0.25, 0.3) is 0 Å². The Morgan fingerprint density at radius 1 is 1.38 bits per heavy atom. The number of carbonyl (C=O) groups is 1. The Bertz CT molecular complexity index is 182. The zero-order valence-corrected chi connectivity index (χ0v) is 8.97. The first-order valence-corrected chi connectivity index (χ1v) is 4.40. The molecule has 0 atom stereocenters. The Hall–Kier alpha value is -0.770. The summed E-state index contributed by atoms with van der Waals surface area (Å²) in [5.41, 5.74) is -1.95. The second-order valence-corrected chi connectivity index (χ2v) is 3.99. The van der Waals surface area contributed by atoms with E-state index in [1.165, 1.54) is 0 Å². The molecule has 0 aliphatic carbocycles. The van der Waals surface area contributed by atoms with Crippen LogP contribution in [0, 0.1) is 0 Å². The number of carbonyl (C=O) groups excluding carboxylic acids is 1. The summed E-state index contributed by atoms with van der Waals surface area (Å²) in [6.45, 7) is 8.86. The van der Waals surface area contributed by atoms with Crippen LogP contribution in [0.1, 0.15) is 34.6 Å². The van der Waals surface area contributed by atoms with E-state index >= 15 is 0 Å². The van der Waals surface area contributed by atoms with Crippen LogP contribution >= 0.6 is 0 Å². The molecule has 4 heteroatoms. The Labute approximate surface area is 79.3 Å². The Morgan fingerprint density at radius 2 is 1.85 bits per heavy atom. The van der Waals surface area contributed by atoms with Crippen LogP contribution in [-0.4, -0.2) is 28.9 Å². The molecule has 2 N–H and O–H groups in total. The maximum absolute atomic E-state index is 11.1. The van der Waals surface area contributed by atoms with E-state index in [4.69, 9.17) is 4.74 Å². The molecule has 13 heavy (non-hydrogen) atoms. The third-order valence-electron chi connectivity index (χ3n) is 2.14. The molecule has 0 rings (SSSR count). The first-order chi connectivity index (χ1) is 5.70. The zero-order chi connectivity index (χ0) is 10.7. The molecule has 78 valence electrons. The highest BCUT2D eigenvalue weighted by atomic mass is 16.6. The third-order valence-corrected chi connectivity index (χ3v) is 2.14. The maximum atomic E-state index is 11.1. The quantitative estimate of drug-likeness (QED) is 0.703. The van der Waals surface area contributed by atoms with Gasteiger partial charge < -0.3 is 15.2 Å². The summed E-state index contributed by atoms with van der Waals surface area (Å²) in [7, 11) is 0. The van der Waals surface area contributed by atoms with E-state index in [1.54, 1.807) is 34.6 Å². The van der Waals surface area contributed by atoms with Crippen molar-refractivity contribution in [1.82, 2.24) is 5.32 Å². The predicted octanol–water partition coefficient (Wildman–Crippen LogP) is 1.28. The van der Waals surface area contributed by atoms with Crippen LogP contribution in [0.5, 0.6) is 0 Å². The van der Waals surface area contributed by atoms with Crippen molar-refractivity contribution < 1.29 is 14.6 Å². The van der Waals surface area contributed by atoms with Gasteiger partial charge in [0, 0.05) is 6.54 Å². The van der Waals surface area contributed by atoms with Gasteiger partial charge in [0.1, 0.15) is 5.60 Å². The molecule has 0 fully saturated rings. The Balaban J connectivity index is 4.26. The predicted molar refractivity (Wildman–Crippen MR) is 50.5 cm³/mol. The summed E-state index contributed by atoms with van der Waals surface area (Å²) in [4.78, 5) is 11.1. The molecule has 0 spiro atoms. The van der Waals surface area contributed by atoms with Gasteiger partial charge in [-0.25, -0.2) is 4.79 Å². The van der Waals surface area contributed by atoms with E-state index in [2.05, 4.69) is 5.32 Å². The average Bonchev–Trinajstić information content (AvgIpc) is 1.83. The van der Waals surface area contributed by atoms with Crippen molar-refractivity contribution in [3.05, 3.63) is 0 Å². The van der Waals surface area contributed by atoms with Crippen molar-refractivity contribution in [3.8, 4) is 0 Å². The number of amides is 1. The average molecular weight is 189 g/mol. The molecular weight excluding hydrogens is 170 g/mol. The molecule has 0 aromatic rings. The molecule has 0 aromatic heterocycles. The lowest BCUT2D eigenvalue weighted by Gasteiger charge is -2.36. The number of ether oxygens (including phenoxy) is 1. The van der Waals surface area contributed by atoms with Crippen LogP contribution in [0.4, 0.5) is 4.79 Å². The molecule has 0 saturated carbocycles. The summed E-state index contributed by atoms with van der Waals surface area (Å²) >= 11 is 0. The van der Waals surface area contributed by atoms with Crippen molar-refractivity contribution in [2.75, 3.05) is 6.54 Å². The van der Waals surface area contributed by atoms with Gasteiger partial charge in [-0.05, 0) is 34.6 Å². The second kappa shape index (κ2) is 3.96. The van der Waals surface area contributed by atoms with Crippen molar-refractivity contribution >= 4 is 6.09 Å². The summed E-state index contributed by atoms with van der Waals surface area (Å²) in [5, 5.41) is 12.2. The summed E-state index contributed by atoms with van der Waals surface area (Å²) in [6, 6.07) is 0. The molecule has 0 saturated heterocycles. The van der Waals surface area contributed by atoms with E-state index in [-0.39, 0.29) is 0 Å². The topological polar surface area (TPSA) is 58.6 Å². The molecule has 0 unspecified atom stereocenters. The van der Waals surface area contributed by atoms with Crippen molar-refractivity contribution in [2.24, 2.45) is 0 Å². The maximum Gasteiger partial charge on any atom is 0.407 e. The largest absolute Gasteiger partial charge is 0.440 e. The highest BCUT2D eigenvalue weighted by Gasteiger charge is 2.38. The fraction of sp³-hybridized carbons (Fsp3) is 0.889. The van der Waals surface area contributed by atoms with E-state index in [0.717, 1.165) is 0 Å². The summed E-state index contributed by atoms with van der Waals surface area (Å²) in [5.74, 6) is 0. The SMILES string of the molecule is CCNC(=O)OC(C)(C)C(C)(C)O. The second-order valence-electron chi connectivity index (χ2n) is 3.99. The van der Waals surface area contributed by atoms with E-state index in [1.807, 2.05) is 0 Å². The van der Waals surface area contributed by atoms with Crippen LogP contribution in [-0.2, 0) is 4.74 Å². The first-order valence-electron chi connectivity index (χ1n) is 4.40. The van der Waals surface area contributed by atoms with E-state index < -0.39 is 17.3 Å². The van der Waals surface area contributed by atoms with Gasteiger partial charge in [0.2, 0.25) is 0 Å². The Kier molecular flexibility index (Phi) is 3.72. The molecule has 0 heterocycles. The minimum absolute atomic E-state index is 0.505. The van der Waals surface area contributed by atoms with Crippen molar-refractivity contribution in [3.63, 3.8) is 0 Å². The number of rotatable bonds is 3. The molecule has 1 amide bonds.